The van der Waals surface area contributed by atoms with E-state index in [1.807, 2.05) is 17.0 Å². The van der Waals surface area contributed by atoms with Gasteiger partial charge in [-0.15, -0.1) is 0 Å². The minimum atomic E-state index is -3.19. The van der Waals surface area contributed by atoms with E-state index in [1.54, 1.807) is 24.3 Å². The van der Waals surface area contributed by atoms with Gasteiger partial charge < -0.3 is 15.1 Å². The molecule has 1 N–H and O–H groups in total. The van der Waals surface area contributed by atoms with Gasteiger partial charge >= 0.3 is 0 Å². The Morgan fingerprint density at radius 1 is 0.943 bits per heavy atom. The van der Waals surface area contributed by atoms with Crippen LogP contribution in [0, 0.1) is 5.82 Å². The molecule has 0 radical (unpaired) electrons. The maximum absolute atomic E-state index is 13.1. The highest BCUT2D eigenvalue weighted by Gasteiger charge is 2.24. The summed E-state index contributed by atoms with van der Waals surface area (Å²) in [5.74, 6) is -0.0131. The zero-order chi connectivity index (χ0) is 24.1. The largest absolute Gasteiger partial charge is 0.382 e. The van der Waals surface area contributed by atoms with Crippen molar-refractivity contribution in [3.8, 4) is 0 Å². The van der Waals surface area contributed by atoms with Crippen molar-refractivity contribution in [2.45, 2.75) is 37.6 Å². The molecule has 0 bridgehead atoms. The Morgan fingerprint density at radius 2 is 1.54 bits per heavy atom. The lowest BCUT2D eigenvalue weighted by molar-refractivity contribution is -0.132. The van der Waals surface area contributed by atoms with Crippen LogP contribution in [0.5, 0.6) is 0 Å². The number of hydrogen-bond donors (Lipinski definition) is 1. The van der Waals surface area contributed by atoms with Crippen LogP contribution >= 0.6 is 0 Å². The summed E-state index contributed by atoms with van der Waals surface area (Å²) < 4.78 is 36.3. The average Bonchev–Trinajstić information content (AvgIpc) is 2.84. The van der Waals surface area contributed by atoms with Crippen molar-refractivity contribution >= 4 is 27.1 Å². The van der Waals surface area contributed by atoms with Gasteiger partial charge in [0.1, 0.15) is 5.82 Å². The van der Waals surface area contributed by atoms with Crippen molar-refractivity contribution in [2.75, 3.05) is 62.3 Å². The van der Waals surface area contributed by atoms with E-state index >= 15 is 0 Å². The summed E-state index contributed by atoms with van der Waals surface area (Å²) in [6.07, 6.45) is 3.48. The highest BCUT2D eigenvalue weighted by molar-refractivity contribution is 7.90. The highest BCUT2D eigenvalue weighted by Crippen LogP contribution is 2.20. The first-order valence-electron chi connectivity index (χ1n) is 11.9. The molecule has 0 aliphatic carbocycles. The lowest BCUT2D eigenvalue weighted by Crippen LogP contribution is -2.48. The number of sulfone groups is 1. The first-order chi connectivity index (χ1) is 16.3. The van der Waals surface area contributed by atoms with Crippen LogP contribution in [-0.4, -0.2) is 82.2 Å². The fourth-order valence-corrected chi connectivity index (χ4v) is 5.23. The molecular weight excluding hydrogens is 467 g/mol. The third-order valence-electron chi connectivity index (χ3n) is 6.71. The summed E-state index contributed by atoms with van der Waals surface area (Å²) >= 11 is 0. The third kappa shape index (κ3) is 7.41. The van der Waals surface area contributed by atoms with Gasteiger partial charge in [-0.25, -0.2) is 12.8 Å². The SMILES string of the molecule is C.CS(=O)(=O)c1ccc(NC2CCN(C(=O)CCN3CCN(c4ccc(F)cc4)CC3)CC2)cc1. The van der Waals surface area contributed by atoms with Gasteiger partial charge in [0.25, 0.3) is 0 Å². The van der Waals surface area contributed by atoms with E-state index in [1.165, 1.54) is 18.4 Å². The Bertz CT molecular complexity index is 1060. The number of piperidine rings is 1. The summed E-state index contributed by atoms with van der Waals surface area (Å²) in [5.41, 5.74) is 1.94. The van der Waals surface area contributed by atoms with E-state index in [0.717, 1.165) is 70.0 Å². The molecule has 0 spiro atoms. The quantitative estimate of drug-likeness (QED) is 0.623. The molecule has 2 aliphatic heterocycles. The van der Waals surface area contributed by atoms with Gasteiger partial charge in [0.15, 0.2) is 9.84 Å². The fraction of sp³-hybridized carbons (Fsp3) is 0.500. The molecule has 0 saturated carbocycles. The molecule has 0 aromatic heterocycles. The Balaban J connectivity index is 0.00000342. The van der Waals surface area contributed by atoms with Gasteiger partial charge in [0, 0.05) is 75.9 Å². The number of amides is 1. The molecule has 4 rings (SSSR count). The summed E-state index contributed by atoms with van der Waals surface area (Å²) in [5, 5.41) is 3.46. The molecule has 35 heavy (non-hydrogen) atoms. The second kappa shape index (κ2) is 11.9. The standard InChI is InChI=1S/C25H33FN4O3S.CH4/c1-34(32,33)24-8-4-21(5-9-24)27-22-10-14-30(15-11-22)25(31)12-13-28-16-18-29(19-17-28)23-6-2-20(26)3-7-23;/h2-9,22,27H,10-19H2,1H3;1H4. The van der Waals surface area contributed by atoms with Crippen molar-refractivity contribution in [3.05, 3.63) is 54.3 Å². The molecule has 0 unspecified atom stereocenters. The summed E-state index contributed by atoms with van der Waals surface area (Å²) in [6.45, 7) is 5.78. The van der Waals surface area contributed by atoms with Crippen molar-refractivity contribution in [1.82, 2.24) is 9.80 Å². The lowest BCUT2D eigenvalue weighted by Gasteiger charge is -2.37. The van der Waals surface area contributed by atoms with Crippen LogP contribution in [0.1, 0.15) is 26.7 Å². The maximum atomic E-state index is 13.1. The molecule has 7 nitrogen and oxygen atoms in total. The van der Waals surface area contributed by atoms with Crippen molar-refractivity contribution in [2.24, 2.45) is 0 Å². The molecule has 2 aromatic rings. The van der Waals surface area contributed by atoms with Crippen LogP contribution in [0.4, 0.5) is 15.8 Å². The smallest absolute Gasteiger partial charge is 0.223 e. The average molecular weight is 505 g/mol. The van der Waals surface area contributed by atoms with E-state index in [-0.39, 0.29) is 25.2 Å². The Kier molecular flexibility index (Phi) is 9.13. The summed E-state index contributed by atoms with van der Waals surface area (Å²) in [6, 6.07) is 13.7. The number of nitrogens with zero attached hydrogens (tertiary/aromatic N) is 3. The van der Waals surface area contributed by atoms with Crippen LogP contribution in [-0.2, 0) is 14.6 Å². The van der Waals surface area contributed by atoms with Gasteiger partial charge in [-0.1, -0.05) is 7.43 Å². The molecule has 2 saturated heterocycles. The number of anilines is 2. The minimum absolute atomic E-state index is 0. The summed E-state index contributed by atoms with van der Waals surface area (Å²) in [7, 11) is -3.19. The van der Waals surface area contributed by atoms with Gasteiger partial charge in [-0.2, -0.15) is 0 Å². The highest BCUT2D eigenvalue weighted by atomic mass is 32.2. The van der Waals surface area contributed by atoms with E-state index < -0.39 is 9.84 Å². The van der Waals surface area contributed by atoms with Crippen LogP contribution in [0.3, 0.4) is 0 Å². The predicted octanol–water partition coefficient (Wildman–Crippen LogP) is 3.48. The molecular formula is C26H37FN4O3S. The number of halogens is 1. The molecule has 0 atom stereocenters. The number of piperazine rings is 1. The zero-order valence-electron chi connectivity index (χ0n) is 19.6. The van der Waals surface area contributed by atoms with E-state index in [0.29, 0.717) is 11.3 Å². The molecule has 9 heteroatoms. The van der Waals surface area contributed by atoms with Crippen LogP contribution < -0.4 is 10.2 Å². The third-order valence-corrected chi connectivity index (χ3v) is 7.84. The Labute approximate surface area is 208 Å². The molecule has 2 fully saturated rings. The fourth-order valence-electron chi connectivity index (χ4n) is 4.60. The second-order valence-corrected chi connectivity index (χ2v) is 11.2. The Morgan fingerprint density at radius 3 is 2.11 bits per heavy atom. The first-order valence-corrected chi connectivity index (χ1v) is 13.7. The van der Waals surface area contributed by atoms with Gasteiger partial charge in [-0.3, -0.25) is 9.69 Å². The van der Waals surface area contributed by atoms with Gasteiger partial charge in [0.2, 0.25) is 5.91 Å². The van der Waals surface area contributed by atoms with E-state index in [4.69, 9.17) is 0 Å². The minimum Gasteiger partial charge on any atom is -0.382 e. The first kappa shape index (κ1) is 26.9. The summed E-state index contributed by atoms with van der Waals surface area (Å²) in [4.78, 5) is 19.6. The number of nitrogens with one attached hydrogen (secondary N) is 1. The number of hydrogen-bond acceptors (Lipinski definition) is 6. The van der Waals surface area contributed by atoms with Gasteiger partial charge in [0.05, 0.1) is 4.90 Å². The number of rotatable bonds is 7. The van der Waals surface area contributed by atoms with Crippen molar-refractivity contribution in [3.63, 3.8) is 0 Å². The lowest BCUT2D eigenvalue weighted by atomic mass is 10.0. The molecule has 2 aliphatic rings. The van der Waals surface area contributed by atoms with Crippen molar-refractivity contribution < 1.29 is 17.6 Å². The van der Waals surface area contributed by atoms with Gasteiger partial charge in [-0.05, 0) is 61.4 Å². The molecule has 2 aromatic carbocycles. The molecule has 2 heterocycles. The Hall–Kier alpha value is -2.65. The van der Waals surface area contributed by atoms with E-state index in [2.05, 4.69) is 15.1 Å². The number of carbonyl (C=O) groups excluding carboxylic acids is 1. The normalized spacial score (nSPS) is 17.7. The van der Waals surface area contributed by atoms with Crippen LogP contribution in [0.25, 0.3) is 0 Å². The van der Waals surface area contributed by atoms with Crippen LogP contribution in [0.15, 0.2) is 53.4 Å². The number of carbonyl (C=O) groups is 1. The molecule has 1 amide bonds. The number of likely N-dealkylation sites (tertiary alicyclic amines) is 1. The van der Waals surface area contributed by atoms with E-state index in [9.17, 15) is 17.6 Å². The molecule has 192 valence electrons. The predicted molar refractivity (Wildman–Crippen MR) is 139 cm³/mol. The topological polar surface area (TPSA) is 73.0 Å². The zero-order valence-corrected chi connectivity index (χ0v) is 20.4. The van der Waals surface area contributed by atoms with Crippen LogP contribution in [0.2, 0.25) is 0 Å². The van der Waals surface area contributed by atoms with Crippen molar-refractivity contribution in [1.29, 1.82) is 0 Å². The maximum Gasteiger partial charge on any atom is 0.223 e. The number of benzene rings is 2. The monoisotopic (exact) mass is 504 g/mol. The second-order valence-electron chi connectivity index (χ2n) is 9.15.